The Labute approximate surface area is 146 Å². The van der Waals surface area contributed by atoms with Gasteiger partial charge in [-0.05, 0) is 12.8 Å². The van der Waals surface area contributed by atoms with Crippen LogP contribution in [0.2, 0.25) is 0 Å². The molecule has 4 N–H and O–H groups in total. The van der Waals surface area contributed by atoms with Crippen molar-refractivity contribution in [3.8, 4) is 0 Å². The normalized spacial score (nSPS) is 10.5. The van der Waals surface area contributed by atoms with Crippen molar-refractivity contribution in [3.63, 3.8) is 0 Å². The van der Waals surface area contributed by atoms with Crippen LogP contribution < -0.4 is 11.5 Å². The molecule has 2 amide bonds. The number of rotatable bonds is 17. The van der Waals surface area contributed by atoms with E-state index in [0.29, 0.717) is 13.2 Å². The van der Waals surface area contributed by atoms with Crippen molar-refractivity contribution < 1.29 is 19.1 Å². The Hall–Kier alpha value is -1.46. The van der Waals surface area contributed by atoms with E-state index in [1.807, 2.05) is 0 Å². The number of amides is 2. The van der Waals surface area contributed by atoms with Crippen molar-refractivity contribution in [1.82, 2.24) is 0 Å². The van der Waals surface area contributed by atoms with Gasteiger partial charge in [-0.3, -0.25) is 0 Å². The third kappa shape index (κ3) is 20.5. The lowest BCUT2D eigenvalue weighted by molar-refractivity contribution is 0.153. The number of nitrogens with two attached hydrogens (primary N) is 2. The minimum Gasteiger partial charge on any atom is -0.450 e. The fourth-order valence-corrected chi connectivity index (χ4v) is 2.67. The Morgan fingerprint density at radius 1 is 0.458 bits per heavy atom. The molecular weight excluding hydrogens is 308 g/mol. The van der Waals surface area contributed by atoms with Gasteiger partial charge in [0.1, 0.15) is 0 Å². The third-order valence-corrected chi connectivity index (χ3v) is 4.03. The highest BCUT2D eigenvalue weighted by atomic mass is 16.5. The van der Waals surface area contributed by atoms with Gasteiger partial charge in [0.05, 0.1) is 13.2 Å². The smallest absolute Gasteiger partial charge is 0.404 e. The topological polar surface area (TPSA) is 105 Å². The van der Waals surface area contributed by atoms with E-state index < -0.39 is 12.2 Å². The van der Waals surface area contributed by atoms with Gasteiger partial charge >= 0.3 is 12.2 Å². The Morgan fingerprint density at radius 2 is 0.667 bits per heavy atom. The summed E-state index contributed by atoms with van der Waals surface area (Å²) < 4.78 is 9.37. The van der Waals surface area contributed by atoms with Crippen molar-refractivity contribution in [1.29, 1.82) is 0 Å². The molecule has 142 valence electrons. The van der Waals surface area contributed by atoms with Crippen LogP contribution >= 0.6 is 0 Å². The quantitative estimate of drug-likeness (QED) is 0.375. The van der Waals surface area contributed by atoms with E-state index in [1.54, 1.807) is 0 Å². The van der Waals surface area contributed by atoms with Crippen LogP contribution in [0.1, 0.15) is 89.9 Å². The maximum absolute atomic E-state index is 10.4. The van der Waals surface area contributed by atoms with Crippen LogP contribution in [-0.4, -0.2) is 25.4 Å². The highest BCUT2D eigenvalue weighted by Crippen LogP contribution is 2.13. The number of ether oxygens (including phenoxy) is 2. The first-order valence-corrected chi connectivity index (χ1v) is 9.47. The summed E-state index contributed by atoms with van der Waals surface area (Å²) in [6, 6.07) is 0. The summed E-state index contributed by atoms with van der Waals surface area (Å²) in [6.45, 7) is 0.904. The Bertz CT molecular complexity index is 281. The number of unbranched alkanes of at least 4 members (excludes halogenated alkanes) is 13. The molecule has 0 radical (unpaired) electrons. The molecule has 0 fully saturated rings. The SMILES string of the molecule is NC(=O)OCCCCCCCCCCCCCCCCOC(N)=O. The van der Waals surface area contributed by atoms with Gasteiger partial charge < -0.3 is 20.9 Å². The van der Waals surface area contributed by atoms with Crippen molar-refractivity contribution in [2.75, 3.05) is 13.2 Å². The lowest BCUT2D eigenvalue weighted by atomic mass is 10.0. The Balaban J connectivity index is 3.00. The van der Waals surface area contributed by atoms with Crippen LogP contribution in [0.3, 0.4) is 0 Å². The molecule has 0 aliphatic carbocycles. The average molecular weight is 344 g/mol. The van der Waals surface area contributed by atoms with E-state index in [9.17, 15) is 9.59 Å². The number of carbonyl (C=O) groups excluding carboxylic acids is 2. The maximum Gasteiger partial charge on any atom is 0.404 e. The summed E-state index contributed by atoms with van der Waals surface area (Å²) in [5.41, 5.74) is 9.77. The fraction of sp³-hybridized carbons (Fsp3) is 0.889. The molecule has 0 aromatic heterocycles. The van der Waals surface area contributed by atoms with Gasteiger partial charge in [-0.2, -0.15) is 0 Å². The summed E-state index contributed by atoms with van der Waals surface area (Å²) in [5, 5.41) is 0. The Kier molecular flexibility index (Phi) is 16.8. The standard InChI is InChI=1S/C18H36N2O4/c19-17(21)23-15-13-11-9-7-5-3-1-2-4-6-8-10-12-14-16-24-18(20)22/h1-16H2,(H2,19,21)(H2,20,22). The second kappa shape index (κ2) is 17.9. The van der Waals surface area contributed by atoms with Crippen LogP contribution in [0, 0.1) is 0 Å². The molecule has 0 unspecified atom stereocenters. The zero-order valence-electron chi connectivity index (χ0n) is 15.1. The third-order valence-electron chi connectivity index (χ3n) is 4.03. The van der Waals surface area contributed by atoms with E-state index >= 15 is 0 Å². The Morgan fingerprint density at radius 3 is 0.875 bits per heavy atom. The lowest BCUT2D eigenvalue weighted by Gasteiger charge is -2.04. The molecule has 0 bridgehead atoms. The van der Waals surface area contributed by atoms with E-state index in [-0.39, 0.29) is 0 Å². The number of hydrogen-bond donors (Lipinski definition) is 2. The van der Waals surface area contributed by atoms with Gasteiger partial charge in [0.25, 0.3) is 0 Å². The predicted molar refractivity (Wildman–Crippen MR) is 95.7 cm³/mol. The molecule has 0 atom stereocenters. The minimum atomic E-state index is -0.674. The van der Waals surface area contributed by atoms with Crippen LogP contribution in [0.25, 0.3) is 0 Å². The molecule has 0 spiro atoms. The molecule has 0 aromatic carbocycles. The van der Waals surface area contributed by atoms with Crippen LogP contribution in [0.4, 0.5) is 9.59 Å². The molecule has 0 aromatic rings. The molecule has 6 nitrogen and oxygen atoms in total. The summed E-state index contributed by atoms with van der Waals surface area (Å²) >= 11 is 0. The summed E-state index contributed by atoms with van der Waals surface area (Å²) in [4.78, 5) is 20.7. The van der Waals surface area contributed by atoms with E-state index in [0.717, 1.165) is 25.7 Å². The highest BCUT2D eigenvalue weighted by Gasteiger charge is 1.96. The maximum atomic E-state index is 10.4. The van der Waals surface area contributed by atoms with Gasteiger partial charge in [-0.1, -0.05) is 77.0 Å². The number of hydrogen-bond acceptors (Lipinski definition) is 4. The van der Waals surface area contributed by atoms with Crippen molar-refractivity contribution in [2.45, 2.75) is 89.9 Å². The van der Waals surface area contributed by atoms with Gasteiger partial charge in [-0.25, -0.2) is 9.59 Å². The van der Waals surface area contributed by atoms with E-state index in [1.165, 1.54) is 64.2 Å². The van der Waals surface area contributed by atoms with Gasteiger partial charge in [0.2, 0.25) is 0 Å². The molecule has 0 rings (SSSR count). The van der Waals surface area contributed by atoms with E-state index in [2.05, 4.69) is 9.47 Å². The second-order valence-corrected chi connectivity index (χ2v) is 6.28. The van der Waals surface area contributed by atoms with Gasteiger partial charge in [-0.15, -0.1) is 0 Å². The summed E-state index contributed by atoms with van der Waals surface area (Å²) in [5.74, 6) is 0. The zero-order chi connectivity index (χ0) is 17.9. The summed E-state index contributed by atoms with van der Waals surface area (Å²) in [6.07, 6.45) is 15.6. The minimum absolute atomic E-state index is 0.452. The monoisotopic (exact) mass is 344 g/mol. The van der Waals surface area contributed by atoms with Crippen LogP contribution in [0.15, 0.2) is 0 Å². The fourth-order valence-electron chi connectivity index (χ4n) is 2.67. The first-order chi connectivity index (χ1) is 11.6. The zero-order valence-corrected chi connectivity index (χ0v) is 15.1. The number of primary amides is 2. The molecule has 0 aliphatic rings. The molecule has 0 saturated carbocycles. The highest BCUT2D eigenvalue weighted by molar-refractivity contribution is 5.64. The molecule has 24 heavy (non-hydrogen) atoms. The first kappa shape index (κ1) is 22.5. The molecule has 6 heteroatoms. The van der Waals surface area contributed by atoms with Crippen LogP contribution in [0.5, 0.6) is 0 Å². The first-order valence-electron chi connectivity index (χ1n) is 9.47. The molecule has 0 aliphatic heterocycles. The molecule has 0 heterocycles. The summed E-state index contributed by atoms with van der Waals surface area (Å²) in [7, 11) is 0. The van der Waals surface area contributed by atoms with E-state index in [4.69, 9.17) is 11.5 Å². The second-order valence-electron chi connectivity index (χ2n) is 6.28. The average Bonchev–Trinajstić information content (AvgIpc) is 2.53. The van der Waals surface area contributed by atoms with Gasteiger partial charge in [0, 0.05) is 0 Å². The van der Waals surface area contributed by atoms with Gasteiger partial charge in [0.15, 0.2) is 0 Å². The van der Waals surface area contributed by atoms with Crippen molar-refractivity contribution in [3.05, 3.63) is 0 Å². The van der Waals surface area contributed by atoms with Crippen LogP contribution in [-0.2, 0) is 9.47 Å². The molecule has 0 saturated heterocycles. The van der Waals surface area contributed by atoms with Crippen molar-refractivity contribution >= 4 is 12.2 Å². The lowest BCUT2D eigenvalue weighted by Crippen LogP contribution is -2.13. The molecular formula is C18H36N2O4. The van der Waals surface area contributed by atoms with Crippen molar-refractivity contribution in [2.24, 2.45) is 11.5 Å². The predicted octanol–water partition coefficient (Wildman–Crippen LogP) is 4.64. The largest absolute Gasteiger partial charge is 0.450 e. The number of carbonyl (C=O) groups is 2.